The van der Waals surface area contributed by atoms with E-state index in [1.54, 1.807) is 12.4 Å². The first-order valence-electron chi connectivity index (χ1n) is 6.24. The van der Waals surface area contributed by atoms with E-state index < -0.39 is 0 Å². The Morgan fingerprint density at radius 1 is 1.33 bits per heavy atom. The maximum absolute atomic E-state index is 5.95. The first kappa shape index (κ1) is 11.1. The maximum atomic E-state index is 5.95. The fourth-order valence-corrected chi connectivity index (χ4v) is 2.70. The molecule has 0 saturated heterocycles. The monoisotopic (exact) mass is 239 g/mol. The van der Waals surface area contributed by atoms with Crippen LogP contribution in [0, 0.1) is 0 Å². The van der Waals surface area contributed by atoms with Crippen molar-refractivity contribution in [2.45, 2.75) is 12.3 Å². The van der Waals surface area contributed by atoms with Crippen LogP contribution in [0.1, 0.15) is 17.0 Å². The molecule has 3 heteroatoms. The second-order valence-electron chi connectivity index (χ2n) is 4.91. The van der Waals surface area contributed by atoms with E-state index in [1.807, 2.05) is 6.07 Å². The first-order chi connectivity index (χ1) is 8.75. The van der Waals surface area contributed by atoms with Gasteiger partial charge in [0.25, 0.3) is 0 Å². The molecule has 1 unspecified atom stereocenters. The summed E-state index contributed by atoms with van der Waals surface area (Å²) in [5.74, 6) is 0.624. The van der Waals surface area contributed by atoms with Crippen molar-refractivity contribution in [1.82, 2.24) is 4.98 Å². The van der Waals surface area contributed by atoms with Gasteiger partial charge in [-0.2, -0.15) is 0 Å². The lowest BCUT2D eigenvalue weighted by atomic mass is 9.77. The smallest absolute Gasteiger partial charge is 0.0738 e. The molecule has 3 rings (SSSR count). The molecule has 18 heavy (non-hydrogen) atoms. The average molecular weight is 239 g/mol. The van der Waals surface area contributed by atoms with Crippen molar-refractivity contribution < 1.29 is 0 Å². The third kappa shape index (κ3) is 1.82. The van der Waals surface area contributed by atoms with E-state index in [2.05, 4.69) is 41.2 Å². The van der Waals surface area contributed by atoms with Crippen molar-refractivity contribution in [3.63, 3.8) is 0 Å². The minimum absolute atomic E-state index is 0.624. The number of nitrogens with two attached hydrogens (primary N) is 1. The number of aromatic nitrogens is 1. The highest BCUT2D eigenvalue weighted by atomic mass is 15.1. The third-order valence-electron chi connectivity index (χ3n) is 3.69. The lowest BCUT2D eigenvalue weighted by Crippen LogP contribution is -2.31. The van der Waals surface area contributed by atoms with Gasteiger partial charge >= 0.3 is 0 Å². The molecule has 1 heterocycles. The van der Waals surface area contributed by atoms with Crippen LogP contribution in [-0.4, -0.2) is 18.6 Å². The standard InChI is InChI=1S/C15H17N3/c1-18(15-6-7-17-9-14(15)16)10-12-8-11-4-2-3-5-13(11)12/h2-7,9,12H,8,10,16H2,1H3. The second kappa shape index (κ2) is 4.33. The molecule has 0 aliphatic heterocycles. The van der Waals surface area contributed by atoms with Crippen LogP contribution in [0.5, 0.6) is 0 Å². The van der Waals surface area contributed by atoms with Gasteiger partial charge in [0.2, 0.25) is 0 Å². The van der Waals surface area contributed by atoms with Gasteiger partial charge in [-0.05, 0) is 23.6 Å². The molecule has 1 atom stereocenters. The van der Waals surface area contributed by atoms with Gasteiger partial charge in [-0.1, -0.05) is 24.3 Å². The Morgan fingerprint density at radius 3 is 2.94 bits per heavy atom. The summed E-state index contributed by atoms with van der Waals surface area (Å²) in [6.45, 7) is 1.01. The van der Waals surface area contributed by atoms with Gasteiger partial charge in [0.15, 0.2) is 0 Å². The van der Waals surface area contributed by atoms with E-state index in [4.69, 9.17) is 5.73 Å². The number of hydrogen-bond donors (Lipinski definition) is 1. The Balaban J connectivity index is 1.74. The Labute approximate surface area is 107 Å². The Bertz CT molecular complexity index is 565. The zero-order valence-electron chi connectivity index (χ0n) is 10.5. The highest BCUT2D eigenvalue weighted by molar-refractivity contribution is 5.65. The Kier molecular flexibility index (Phi) is 2.67. The van der Waals surface area contributed by atoms with E-state index >= 15 is 0 Å². The molecule has 3 nitrogen and oxygen atoms in total. The summed E-state index contributed by atoms with van der Waals surface area (Å²) < 4.78 is 0. The molecule has 0 saturated carbocycles. The van der Waals surface area contributed by atoms with Crippen molar-refractivity contribution >= 4 is 11.4 Å². The SMILES string of the molecule is CN(CC1Cc2ccccc21)c1ccncc1N. The van der Waals surface area contributed by atoms with Crippen molar-refractivity contribution in [2.24, 2.45) is 0 Å². The quantitative estimate of drug-likeness (QED) is 0.894. The van der Waals surface area contributed by atoms with Gasteiger partial charge in [0, 0.05) is 25.7 Å². The lowest BCUT2D eigenvalue weighted by molar-refractivity contribution is 0.601. The van der Waals surface area contributed by atoms with Crippen molar-refractivity contribution in [3.8, 4) is 0 Å². The number of likely N-dealkylation sites (N-methyl/N-ethyl adjacent to an activating group) is 1. The number of rotatable bonds is 3. The summed E-state index contributed by atoms with van der Waals surface area (Å²) in [4.78, 5) is 6.24. The molecule has 0 spiro atoms. The molecule has 0 fully saturated rings. The predicted octanol–water partition coefficient (Wildman–Crippen LogP) is 2.44. The molecule has 1 aliphatic rings. The van der Waals surface area contributed by atoms with Gasteiger partial charge in [0.05, 0.1) is 17.6 Å². The van der Waals surface area contributed by atoms with E-state index in [0.717, 1.165) is 17.9 Å². The van der Waals surface area contributed by atoms with Gasteiger partial charge in [-0.25, -0.2) is 0 Å². The van der Waals surface area contributed by atoms with E-state index in [0.29, 0.717) is 5.92 Å². The molecule has 1 aliphatic carbocycles. The largest absolute Gasteiger partial charge is 0.396 e. The number of fused-ring (bicyclic) bond motifs is 1. The number of nitrogens with zero attached hydrogens (tertiary/aromatic N) is 2. The Hall–Kier alpha value is -2.03. The van der Waals surface area contributed by atoms with Crippen molar-refractivity contribution in [2.75, 3.05) is 24.2 Å². The maximum Gasteiger partial charge on any atom is 0.0738 e. The molecular formula is C15H17N3. The molecule has 2 aromatic rings. The van der Waals surface area contributed by atoms with Crippen LogP contribution in [0.15, 0.2) is 42.7 Å². The number of anilines is 2. The summed E-state index contributed by atoms with van der Waals surface area (Å²) in [6, 6.07) is 10.6. The van der Waals surface area contributed by atoms with Gasteiger partial charge in [0.1, 0.15) is 0 Å². The minimum Gasteiger partial charge on any atom is -0.396 e. The lowest BCUT2D eigenvalue weighted by Gasteiger charge is -2.34. The highest BCUT2D eigenvalue weighted by Crippen LogP contribution is 2.36. The van der Waals surface area contributed by atoms with E-state index in [9.17, 15) is 0 Å². The van der Waals surface area contributed by atoms with Crippen LogP contribution in [0.25, 0.3) is 0 Å². The second-order valence-corrected chi connectivity index (χ2v) is 4.91. The molecule has 0 amide bonds. The average Bonchev–Trinajstić information content (AvgIpc) is 2.36. The summed E-state index contributed by atoms with van der Waals surface area (Å²) in [7, 11) is 2.09. The molecule has 2 N–H and O–H groups in total. The fourth-order valence-electron chi connectivity index (χ4n) is 2.70. The minimum atomic E-state index is 0.624. The van der Waals surface area contributed by atoms with Crippen molar-refractivity contribution in [1.29, 1.82) is 0 Å². The number of pyridine rings is 1. The van der Waals surface area contributed by atoms with Crippen LogP contribution in [0.3, 0.4) is 0 Å². The highest BCUT2D eigenvalue weighted by Gasteiger charge is 2.26. The molecular weight excluding hydrogens is 222 g/mol. The molecule has 1 aromatic heterocycles. The number of hydrogen-bond acceptors (Lipinski definition) is 3. The number of nitrogen functional groups attached to an aromatic ring is 1. The molecule has 92 valence electrons. The molecule has 0 bridgehead atoms. The van der Waals surface area contributed by atoms with Crippen LogP contribution in [0.2, 0.25) is 0 Å². The third-order valence-corrected chi connectivity index (χ3v) is 3.69. The summed E-state index contributed by atoms with van der Waals surface area (Å²) in [5, 5.41) is 0. The van der Waals surface area contributed by atoms with Crippen LogP contribution in [0.4, 0.5) is 11.4 Å². The Morgan fingerprint density at radius 2 is 2.17 bits per heavy atom. The zero-order valence-corrected chi connectivity index (χ0v) is 10.5. The summed E-state index contributed by atoms with van der Waals surface area (Å²) >= 11 is 0. The fraction of sp³-hybridized carbons (Fsp3) is 0.267. The normalized spacial score (nSPS) is 16.8. The van der Waals surface area contributed by atoms with Gasteiger partial charge < -0.3 is 10.6 Å². The summed E-state index contributed by atoms with van der Waals surface area (Å²) in [5.41, 5.74) is 10.7. The van der Waals surface area contributed by atoms with Crippen molar-refractivity contribution in [3.05, 3.63) is 53.9 Å². The number of benzene rings is 1. The van der Waals surface area contributed by atoms with Gasteiger partial charge in [-0.15, -0.1) is 0 Å². The predicted molar refractivity (Wildman–Crippen MR) is 74.8 cm³/mol. The molecule has 1 aromatic carbocycles. The molecule has 0 radical (unpaired) electrons. The van der Waals surface area contributed by atoms with Gasteiger partial charge in [-0.3, -0.25) is 4.98 Å². The van der Waals surface area contributed by atoms with Crippen LogP contribution < -0.4 is 10.6 Å². The summed E-state index contributed by atoms with van der Waals surface area (Å²) in [6.07, 6.45) is 4.67. The first-order valence-corrected chi connectivity index (χ1v) is 6.24. The van der Waals surface area contributed by atoms with Crippen LogP contribution in [-0.2, 0) is 6.42 Å². The van der Waals surface area contributed by atoms with E-state index in [1.165, 1.54) is 17.5 Å². The van der Waals surface area contributed by atoms with E-state index in [-0.39, 0.29) is 0 Å². The van der Waals surface area contributed by atoms with Crippen LogP contribution >= 0.6 is 0 Å². The topological polar surface area (TPSA) is 42.2 Å². The zero-order chi connectivity index (χ0) is 12.5.